The van der Waals surface area contributed by atoms with Crippen molar-refractivity contribution < 1.29 is 52.3 Å². The minimum atomic E-state index is -1.23. The van der Waals surface area contributed by atoms with Gasteiger partial charge in [-0.2, -0.15) is 0 Å². The maximum absolute atomic E-state index is 12.3. The monoisotopic (exact) mass is 596 g/mol. The molecule has 1 saturated carbocycles. The molecule has 3 aliphatic rings. The molecule has 0 unspecified atom stereocenters. The highest BCUT2D eigenvalue weighted by Crippen LogP contribution is 2.45. The molecule has 0 bridgehead atoms. The summed E-state index contributed by atoms with van der Waals surface area (Å²) in [5.74, 6) is -0.693. The molecular weight excluding hydrogens is 560 g/mol. The molecule has 2 heterocycles. The Labute approximate surface area is 249 Å². The summed E-state index contributed by atoms with van der Waals surface area (Å²) in [6, 6.07) is 11.9. The van der Waals surface area contributed by atoms with E-state index in [0.29, 0.717) is 42.6 Å². The van der Waals surface area contributed by atoms with Crippen LogP contribution in [0.4, 0.5) is 0 Å². The van der Waals surface area contributed by atoms with Crippen molar-refractivity contribution in [3.63, 3.8) is 0 Å². The predicted molar refractivity (Wildman–Crippen MR) is 150 cm³/mol. The van der Waals surface area contributed by atoms with Crippen molar-refractivity contribution in [3.05, 3.63) is 58.7 Å². The lowest BCUT2D eigenvalue weighted by Gasteiger charge is -2.44. The van der Waals surface area contributed by atoms with E-state index in [1.165, 1.54) is 33.3 Å². The molecule has 0 spiro atoms. The summed E-state index contributed by atoms with van der Waals surface area (Å²) < 4.78 is 39.9. The summed E-state index contributed by atoms with van der Waals surface area (Å²) in [6.07, 6.45) is -2.77. The van der Waals surface area contributed by atoms with Crippen LogP contribution in [0.15, 0.2) is 36.4 Å². The van der Waals surface area contributed by atoms with Crippen molar-refractivity contribution in [2.75, 3.05) is 19.8 Å². The fourth-order valence-corrected chi connectivity index (χ4v) is 5.66. The average molecular weight is 597 g/mol. The van der Waals surface area contributed by atoms with Gasteiger partial charge in [0, 0.05) is 27.7 Å². The molecule has 11 nitrogen and oxygen atoms in total. The first-order chi connectivity index (χ1) is 20.6. The Morgan fingerprint density at radius 1 is 0.744 bits per heavy atom. The Balaban J connectivity index is 1.54. The molecule has 0 aromatic heterocycles. The Morgan fingerprint density at radius 2 is 1.40 bits per heavy atom. The summed E-state index contributed by atoms with van der Waals surface area (Å²) in [5, 5.41) is 0. The molecular formula is C32H36O11. The molecule has 0 radical (unpaired) electrons. The second kappa shape index (κ2) is 13.0. The molecule has 2 aromatic rings. The second-order valence-electron chi connectivity index (χ2n) is 11.0. The van der Waals surface area contributed by atoms with Crippen LogP contribution in [-0.2, 0) is 49.3 Å². The third-order valence-electron chi connectivity index (χ3n) is 7.50. The van der Waals surface area contributed by atoms with Gasteiger partial charge >= 0.3 is 23.9 Å². The van der Waals surface area contributed by atoms with E-state index in [1.54, 1.807) is 0 Å². The molecule has 2 aliphatic heterocycles. The summed E-state index contributed by atoms with van der Waals surface area (Å²) in [5.41, 5.74) is 3.97. The van der Waals surface area contributed by atoms with E-state index in [4.69, 9.17) is 33.2 Å². The van der Waals surface area contributed by atoms with E-state index in [1.807, 2.05) is 30.3 Å². The number of rotatable bonds is 9. The van der Waals surface area contributed by atoms with Crippen molar-refractivity contribution >= 4 is 23.9 Å². The number of hydrogen-bond donors (Lipinski definition) is 0. The fourth-order valence-electron chi connectivity index (χ4n) is 5.66. The number of ether oxygens (including phenoxy) is 7. The molecule has 1 saturated heterocycles. The average Bonchev–Trinajstić information content (AvgIpc) is 3.79. The quantitative estimate of drug-likeness (QED) is 0.310. The lowest BCUT2D eigenvalue weighted by Crippen LogP contribution is -2.59. The maximum atomic E-state index is 12.3. The van der Waals surface area contributed by atoms with Gasteiger partial charge < -0.3 is 33.2 Å². The van der Waals surface area contributed by atoms with Crippen molar-refractivity contribution in [1.82, 2.24) is 0 Å². The zero-order chi connectivity index (χ0) is 30.7. The van der Waals surface area contributed by atoms with Crippen molar-refractivity contribution in [2.24, 2.45) is 0 Å². The highest BCUT2D eigenvalue weighted by molar-refractivity contribution is 5.69. The number of carbonyl (C=O) groups is 4. The molecule has 0 amide bonds. The summed E-state index contributed by atoms with van der Waals surface area (Å²) >= 11 is 0. The van der Waals surface area contributed by atoms with Gasteiger partial charge in [-0.05, 0) is 59.6 Å². The first kappa shape index (κ1) is 30.3. The minimum Gasteiger partial charge on any atom is -0.486 e. The number of esters is 4. The number of fused-ring (bicyclic) bond motifs is 1. The normalized spacial score (nSPS) is 24.4. The van der Waals surface area contributed by atoms with Gasteiger partial charge in [0.25, 0.3) is 0 Å². The van der Waals surface area contributed by atoms with Gasteiger partial charge in [0.1, 0.15) is 32.0 Å². The lowest BCUT2D eigenvalue weighted by atomic mass is 9.87. The Morgan fingerprint density at radius 3 is 2.05 bits per heavy atom. The van der Waals surface area contributed by atoms with Crippen LogP contribution in [0.5, 0.6) is 11.5 Å². The van der Waals surface area contributed by atoms with E-state index in [0.717, 1.165) is 24.0 Å². The fraction of sp³-hybridized carbons (Fsp3) is 0.500. The largest absolute Gasteiger partial charge is 0.486 e. The van der Waals surface area contributed by atoms with Crippen LogP contribution in [0.2, 0.25) is 0 Å². The van der Waals surface area contributed by atoms with Crippen LogP contribution < -0.4 is 9.47 Å². The zero-order valence-electron chi connectivity index (χ0n) is 24.7. The molecule has 230 valence electrons. The smallest absolute Gasteiger partial charge is 0.303 e. The first-order valence-corrected chi connectivity index (χ1v) is 14.4. The highest BCUT2D eigenvalue weighted by Gasteiger charge is 2.52. The SMILES string of the molecule is CC(=O)OC[C@H]1O[C@@H](c2ccc(C3CC3)c(Cc3ccc4c(c3)OCCO4)c2)[C@H](OC(C)=O)[C@@H](OC(C)=O)[C@@H]1OC(C)=O. The second-order valence-corrected chi connectivity index (χ2v) is 11.0. The van der Waals surface area contributed by atoms with Gasteiger partial charge in [-0.3, -0.25) is 19.2 Å². The molecule has 43 heavy (non-hydrogen) atoms. The van der Waals surface area contributed by atoms with Crippen molar-refractivity contribution in [3.8, 4) is 11.5 Å². The van der Waals surface area contributed by atoms with Crippen LogP contribution in [0.3, 0.4) is 0 Å². The van der Waals surface area contributed by atoms with Gasteiger partial charge in [0.05, 0.1) is 0 Å². The molecule has 2 fully saturated rings. The van der Waals surface area contributed by atoms with Gasteiger partial charge in [0.15, 0.2) is 29.8 Å². The first-order valence-electron chi connectivity index (χ1n) is 14.4. The Hall–Kier alpha value is -4.12. The van der Waals surface area contributed by atoms with Crippen LogP contribution in [-0.4, -0.2) is 68.1 Å². The number of carbonyl (C=O) groups excluding carboxylic acids is 4. The summed E-state index contributed by atoms with van der Waals surface area (Å²) in [4.78, 5) is 48.3. The number of benzene rings is 2. The van der Waals surface area contributed by atoms with Crippen LogP contribution >= 0.6 is 0 Å². The molecule has 11 heteroatoms. The molecule has 2 aromatic carbocycles. The third kappa shape index (κ3) is 7.45. The van der Waals surface area contributed by atoms with E-state index in [-0.39, 0.29) is 6.61 Å². The standard InChI is InChI=1S/C32H36O11/c1-17(33)39-16-28-30(40-18(2)34)32(42-20(4)36)31(41-19(3)35)29(43-28)23-8-9-25(22-6-7-22)24(15-23)13-21-5-10-26-27(14-21)38-12-11-37-26/h5,8-10,14-15,22,28-32H,6-7,11-13,16H2,1-4H3/t28-,29+,30-,31+,32+/m1/s1. The molecule has 5 atom stereocenters. The summed E-state index contributed by atoms with van der Waals surface area (Å²) in [7, 11) is 0. The van der Waals surface area contributed by atoms with Crippen LogP contribution in [0.25, 0.3) is 0 Å². The van der Waals surface area contributed by atoms with Crippen molar-refractivity contribution in [1.29, 1.82) is 0 Å². The van der Waals surface area contributed by atoms with Crippen LogP contribution in [0, 0.1) is 0 Å². The third-order valence-corrected chi connectivity index (χ3v) is 7.50. The highest BCUT2D eigenvalue weighted by atomic mass is 16.7. The molecule has 0 N–H and O–H groups in total. The lowest BCUT2D eigenvalue weighted by molar-refractivity contribution is -0.254. The van der Waals surface area contributed by atoms with E-state index < -0.39 is 54.4 Å². The van der Waals surface area contributed by atoms with Crippen LogP contribution in [0.1, 0.15) is 74.8 Å². The van der Waals surface area contributed by atoms with Gasteiger partial charge in [0.2, 0.25) is 0 Å². The van der Waals surface area contributed by atoms with E-state index in [2.05, 4.69) is 6.07 Å². The predicted octanol–water partition coefficient (Wildman–Crippen LogP) is 3.72. The van der Waals surface area contributed by atoms with E-state index in [9.17, 15) is 19.2 Å². The zero-order valence-corrected chi connectivity index (χ0v) is 24.7. The summed E-state index contributed by atoms with van der Waals surface area (Å²) in [6.45, 7) is 5.60. The minimum absolute atomic E-state index is 0.279. The van der Waals surface area contributed by atoms with Gasteiger partial charge in [-0.1, -0.05) is 24.3 Å². The topological polar surface area (TPSA) is 133 Å². The van der Waals surface area contributed by atoms with Crippen molar-refractivity contribution in [2.45, 2.75) is 83.4 Å². The maximum Gasteiger partial charge on any atom is 0.303 e. The number of hydrogen-bond acceptors (Lipinski definition) is 11. The van der Waals surface area contributed by atoms with Gasteiger partial charge in [-0.15, -0.1) is 0 Å². The van der Waals surface area contributed by atoms with E-state index >= 15 is 0 Å². The molecule has 5 rings (SSSR count). The van der Waals surface area contributed by atoms with Gasteiger partial charge in [-0.25, -0.2) is 0 Å². The Kier molecular flexibility index (Phi) is 9.19. The Bertz CT molecular complexity index is 1380. The molecule has 1 aliphatic carbocycles.